The minimum atomic E-state index is -0.283. The van der Waals surface area contributed by atoms with Crippen LogP contribution >= 0.6 is 11.6 Å². The van der Waals surface area contributed by atoms with E-state index in [1.165, 1.54) is 19.4 Å². The van der Waals surface area contributed by atoms with Gasteiger partial charge in [0.25, 0.3) is 5.56 Å². The van der Waals surface area contributed by atoms with Crippen molar-refractivity contribution >= 4 is 17.4 Å². The van der Waals surface area contributed by atoms with Gasteiger partial charge in [0, 0.05) is 13.1 Å². The number of hydrogen-bond acceptors (Lipinski definition) is 4. The number of rotatable bonds is 4. The Morgan fingerprint density at radius 3 is 3.11 bits per heavy atom. The number of aromatic amines is 1. The van der Waals surface area contributed by atoms with Crippen LogP contribution in [0.5, 0.6) is 0 Å². The minimum absolute atomic E-state index is 0.145. The van der Waals surface area contributed by atoms with Gasteiger partial charge in [-0.15, -0.1) is 0 Å². The molecule has 1 aliphatic rings. The standard InChI is InChI=1S/C13H21ClN4O/c1-9-16-12(11(14)13(19)17-9)15-6-5-10-4-3-7-18(2)8-10/h10H,3-8H2,1-2H3,(H2,15,16,17,19)/t10-/m0/s1. The first-order valence-corrected chi connectivity index (χ1v) is 7.13. The van der Waals surface area contributed by atoms with Crippen LogP contribution in [0.3, 0.4) is 0 Å². The molecule has 1 saturated heterocycles. The van der Waals surface area contributed by atoms with Gasteiger partial charge in [0.15, 0.2) is 5.82 Å². The highest BCUT2D eigenvalue weighted by Gasteiger charge is 2.17. The first-order chi connectivity index (χ1) is 9.06. The summed E-state index contributed by atoms with van der Waals surface area (Å²) in [6.45, 7) is 4.90. The van der Waals surface area contributed by atoms with Crippen molar-refractivity contribution in [3.63, 3.8) is 0 Å². The molecule has 1 fully saturated rings. The zero-order valence-corrected chi connectivity index (χ0v) is 12.3. The predicted molar refractivity (Wildman–Crippen MR) is 77.9 cm³/mol. The Kier molecular flexibility index (Phi) is 4.82. The molecule has 5 nitrogen and oxygen atoms in total. The van der Waals surface area contributed by atoms with Crippen LogP contribution in [-0.2, 0) is 0 Å². The Labute approximate surface area is 118 Å². The summed E-state index contributed by atoms with van der Waals surface area (Å²) in [6.07, 6.45) is 3.63. The van der Waals surface area contributed by atoms with E-state index in [0.29, 0.717) is 17.6 Å². The van der Waals surface area contributed by atoms with Gasteiger partial charge in [0.05, 0.1) is 0 Å². The lowest BCUT2D eigenvalue weighted by Crippen LogP contribution is -2.33. The summed E-state index contributed by atoms with van der Waals surface area (Å²) in [5.41, 5.74) is -0.283. The van der Waals surface area contributed by atoms with Crippen LogP contribution < -0.4 is 10.9 Å². The number of likely N-dealkylation sites (tertiary alicyclic amines) is 1. The Balaban J connectivity index is 1.87. The topological polar surface area (TPSA) is 61.0 Å². The van der Waals surface area contributed by atoms with Crippen molar-refractivity contribution < 1.29 is 0 Å². The number of aryl methyl sites for hydroxylation is 1. The third kappa shape index (κ3) is 3.94. The van der Waals surface area contributed by atoms with Crippen LogP contribution in [0, 0.1) is 12.8 Å². The number of nitrogens with zero attached hydrogens (tertiary/aromatic N) is 2. The molecule has 6 heteroatoms. The largest absolute Gasteiger partial charge is 0.369 e. The van der Waals surface area contributed by atoms with E-state index in [9.17, 15) is 4.79 Å². The highest BCUT2D eigenvalue weighted by molar-refractivity contribution is 6.32. The maximum atomic E-state index is 11.5. The van der Waals surface area contributed by atoms with Gasteiger partial charge in [-0.2, -0.15) is 0 Å². The molecule has 1 aromatic heterocycles. The van der Waals surface area contributed by atoms with Crippen molar-refractivity contribution in [2.45, 2.75) is 26.2 Å². The summed E-state index contributed by atoms with van der Waals surface area (Å²) in [7, 11) is 2.16. The number of hydrogen-bond donors (Lipinski definition) is 2. The van der Waals surface area contributed by atoms with Crippen molar-refractivity contribution in [3.8, 4) is 0 Å². The van der Waals surface area contributed by atoms with E-state index < -0.39 is 0 Å². The fourth-order valence-corrected chi connectivity index (χ4v) is 2.75. The number of H-pyrrole nitrogens is 1. The summed E-state index contributed by atoms with van der Waals surface area (Å²) in [5.74, 6) is 1.79. The second-order valence-electron chi connectivity index (χ2n) is 5.30. The molecule has 2 heterocycles. The van der Waals surface area contributed by atoms with Crippen molar-refractivity contribution in [3.05, 3.63) is 21.2 Å². The van der Waals surface area contributed by atoms with E-state index in [1.54, 1.807) is 6.92 Å². The molecule has 1 aliphatic heterocycles. The molecular weight excluding hydrogens is 264 g/mol. The molecule has 2 rings (SSSR count). The molecule has 0 radical (unpaired) electrons. The van der Waals surface area contributed by atoms with Crippen LogP contribution in [0.1, 0.15) is 25.1 Å². The smallest absolute Gasteiger partial charge is 0.271 e. The van der Waals surface area contributed by atoms with Gasteiger partial charge >= 0.3 is 0 Å². The summed E-state index contributed by atoms with van der Waals surface area (Å²) in [6, 6.07) is 0. The van der Waals surface area contributed by atoms with Crippen LogP contribution in [0.15, 0.2) is 4.79 Å². The molecule has 0 spiro atoms. The lowest BCUT2D eigenvalue weighted by Gasteiger charge is -2.29. The van der Waals surface area contributed by atoms with E-state index in [0.717, 1.165) is 19.5 Å². The number of nitrogens with one attached hydrogen (secondary N) is 2. The van der Waals surface area contributed by atoms with Gasteiger partial charge in [-0.3, -0.25) is 4.79 Å². The van der Waals surface area contributed by atoms with Gasteiger partial charge in [-0.05, 0) is 45.7 Å². The Bertz CT molecular complexity index is 488. The summed E-state index contributed by atoms with van der Waals surface area (Å²) in [5, 5.41) is 3.32. The van der Waals surface area contributed by atoms with Gasteiger partial charge < -0.3 is 15.2 Å². The van der Waals surface area contributed by atoms with E-state index >= 15 is 0 Å². The van der Waals surface area contributed by atoms with Gasteiger partial charge in [-0.1, -0.05) is 11.6 Å². The quantitative estimate of drug-likeness (QED) is 0.886. The van der Waals surface area contributed by atoms with Crippen molar-refractivity contribution in [2.24, 2.45) is 5.92 Å². The van der Waals surface area contributed by atoms with Crippen molar-refractivity contribution in [1.29, 1.82) is 0 Å². The number of aromatic nitrogens is 2. The normalized spacial score (nSPS) is 20.5. The molecule has 0 saturated carbocycles. The molecular formula is C13H21ClN4O. The maximum Gasteiger partial charge on any atom is 0.271 e. The monoisotopic (exact) mass is 284 g/mol. The van der Waals surface area contributed by atoms with E-state index in [-0.39, 0.29) is 10.6 Å². The van der Waals surface area contributed by atoms with Crippen LogP contribution in [0.25, 0.3) is 0 Å². The van der Waals surface area contributed by atoms with Gasteiger partial charge in [0.2, 0.25) is 0 Å². The van der Waals surface area contributed by atoms with E-state index in [2.05, 4.69) is 27.2 Å². The maximum absolute atomic E-state index is 11.5. The Morgan fingerprint density at radius 1 is 1.58 bits per heavy atom. The number of halogens is 1. The molecule has 0 aliphatic carbocycles. The third-order valence-corrected chi connectivity index (χ3v) is 3.90. The zero-order chi connectivity index (χ0) is 13.8. The molecule has 0 bridgehead atoms. The number of piperidine rings is 1. The molecule has 0 unspecified atom stereocenters. The molecule has 1 aromatic rings. The highest BCUT2D eigenvalue weighted by Crippen LogP contribution is 2.19. The molecule has 106 valence electrons. The van der Waals surface area contributed by atoms with E-state index in [1.807, 2.05) is 0 Å². The van der Waals surface area contributed by atoms with Crippen LogP contribution in [0.2, 0.25) is 5.02 Å². The van der Waals surface area contributed by atoms with Gasteiger partial charge in [0.1, 0.15) is 10.8 Å². The average Bonchev–Trinajstić information content (AvgIpc) is 2.35. The Morgan fingerprint density at radius 2 is 2.37 bits per heavy atom. The van der Waals surface area contributed by atoms with Crippen LogP contribution in [-0.4, -0.2) is 41.5 Å². The molecule has 0 amide bonds. The molecule has 1 atom stereocenters. The van der Waals surface area contributed by atoms with E-state index in [4.69, 9.17) is 11.6 Å². The first-order valence-electron chi connectivity index (χ1n) is 6.75. The second-order valence-corrected chi connectivity index (χ2v) is 5.68. The summed E-state index contributed by atoms with van der Waals surface area (Å²) < 4.78 is 0. The number of anilines is 1. The third-order valence-electron chi connectivity index (χ3n) is 3.55. The van der Waals surface area contributed by atoms with Crippen molar-refractivity contribution in [1.82, 2.24) is 14.9 Å². The molecule has 0 aromatic carbocycles. The lowest BCUT2D eigenvalue weighted by atomic mass is 9.95. The lowest BCUT2D eigenvalue weighted by molar-refractivity contribution is 0.205. The predicted octanol–water partition coefficient (Wildman–Crippen LogP) is 1.88. The minimum Gasteiger partial charge on any atom is -0.369 e. The average molecular weight is 285 g/mol. The molecule has 19 heavy (non-hydrogen) atoms. The fourth-order valence-electron chi connectivity index (χ4n) is 2.59. The first kappa shape index (κ1) is 14.3. The van der Waals surface area contributed by atoms with Gasteiger partial charge in [-0.25, -0.2) is 4.98 Å². The zero-order valence-electron chi connectivity index (χ0n) is 11.5. The SMILES string of the molecule is Cc1nc(NCC[C@@H]2CCCN(C)C2)c(Cl)c(=O)[nH]1. The van der Waals surface area contributed by atoms with Crippen molar-refractivity contribution in [2.75, 3.05) is 32.0 Å². The highest BCUT2D eigenvalue weighted by atomic mass is 35.5. The second kappa shape index (κ2) is 6.39. The summed E-state index contributed by atoms with van der Waals surface area (Å²) in [4.78, 5) is 20.7. The molecule has 2 N–H and O–H groups in total. The van der Waals surface area contributed by atoms with Crippen LogP contribution in [0.4, 0.5) is 5.82 Å². The fraction of sp³-hybridized carbons (Fsp3) is 0.692. The summed E-state index contributed by atoms with van der Waals surface area (Å²) >= 11 is 5.93. The Hall–Kier alpha value is -1.07.